The zero-order valence-electron chi connectivity index (χ0n) is 10.9. The van der Waals surface area contributed by atoms with E-state index in [1.54, 1.807) is 6.20 Å². The minimum Gasteiger partial charge on any atom is -0.325 e. The van der Waals surface area contributed by atoms with Crippen LogP contribution in [0, 0.1) is 0 Å². The van der Waals surface area contributed by atoms with Crippen LogP contribution in [-0.4, -0.2) is 24.0 Å². The van der Waals surface area contributed by atoms with Crippen LogP contribution in [0.4, 0.5) is 4.79 Å². The highest BCUT2D eigenvalue weighted by Crippen LogP contribution is 2.16. The first-order valence-corrected chi connectivity index (χ1v) is 7.12. The Hall–Kier alpha value is -1.48. The average Bonchev–Trinajstić information content (AvgIpc) is 2.70. The number of benzene rings is 1. The molecule has 1 saturated heterocycles. The Morgan fingerprint density at radius 2 is 1.84 bits per heavy atom. The third-order valence-corrected chi connectivity index (χ3v) is 3.61. The van der Waals surface area contributed by atoms with Gasteiger partial charge in [0, 0.05) is 24.3 Å². The van der Waals surface area contributed by atoms with Crippen molar-refractivity contribution in [2.75, 3.05) is 13.1 Å². The normalized spacial score (nSPS) is 16.4. The van der Waals surface area contributed by atoms with Gasteiger partial charge in [-0.2, -0.15) is 0 Å². The summed E-state index contributed by atoms with van der Waals surface area (Å²) in [5.41, 5.74) is 0.903. The maximum absolute atomic E-state index is 12.0. The number of likely N-dealkylation sites (tertiary alicyclic amines) is 1. The lowest BCUT2D eigenvalue weighted by Crippen LogP contribution is -2.38. The van der Waals surface area contributed by atoms with Crippen molar-refractivity contribution in [2.24, 2.45) is 0 Å². The summed E-state index contributed by atoms with van der Waals surface area (Å²) >= 11 is 6.04. The molecule has 1 heterocycles. The molecule has 1 aromatic carbocycles. The Labute approximate surface area is 119 Å². The highest BCUT2D eigenvalue weighted by molar-refractivity contribution is 6.32. The van der Waals surface area contributed by atoms with E-state index in [0.717, 1.165) is 31.5 Å². The summed E-state index contributed by atoms with van der Waals surface area (Å²) in [5, 5.41) is 3.49. The van der Waals surface area contributed by atoms with E-state index in [9.17, 15) is 4.79 Å². The number of halogens is 1. The average molecular weight is 279 g/mol. The van der Waals surface area contributed by atoms with Crippen LogP contribution >= 0.6 is 11.6 Å². The van der Waals surface area contributed by atoms with Crippen LogP contribution in [0.1, 0.15) is 31.2 Å². The van der Waals surface area contributed by atoms with Crippen LogP contribution in [0.15, 0.2) is 30.5 Å². The highest BCUT2D eigenvalue weighted by atomic mass is 35.5. The fourth-order valence-electron chi connectivity index (χ4n) is 2.18. The molecule has 0 aliphatic carbocycles. The molecule has 1 aliphatic rings. The molecule has 0 bridgehead atoms. The lowest BCUT2D eigenvalue weighted by Gasteiger charge is -2.19. The zero-order valence-corrected chi connectivity index (χ0v) is 11.7. The van der Waals surface area contributed by atoms with E-state index in [2.05, 4.69) is 5.32 Å². The van der Waals surface area contributed by atoms with E-state index in [1.807, 2.05) is 35.2 Å². The Morgan fingerprint density at radius 1 is 1.16 bits per heavy atom. The smallest absolute Gasteiger partial charge is 0.321 e. The molecule has 2 amide bonds. The van der Waals surface area contributed by atoms with Gasteiger partial charge in [0.25, 0.3) is 0 Å². The van der Waals surface area contributed by atoms with Crippen molar-refractivity contribution in [2.45, 2.75) is 25.7 Å². The highest BCUT2D eigenvalue weighted by Gasteiger charge is 2.13. The van der Waals surface area contributed by atoms with Crippen molar-refractivity contribution in [3.63, 3.8) is 0 Å². The van der Waals surface area contributed by atoms with E-state index in [1.165, 1.54) is 12.8 Å². The molecular formula is C15H19ClN2O. The second-order valence-corrected chi connectivity index (χ2v) is 5.11. The molecule has 0 radical (unpaired) electrons. The van der Waals surface area contributed by atoms with Crippen molar-refractivity contribution in [3.05, 3.63) is 41.1 Å². The largest absolute Gasteiger partial charge is 0.325 e. The summed E-state index contributed by atoms with van der Waals surface area (Å²) in [6.45, 7) is 1.71. The van der Waals surface area contributed by atoms with Crippen LogP contribution in [0.2, 0.25) is 5.02 Å². The van der Waals surface area contributed by atoms with Gasteiger partial charge < -0.3 is 10.2 Å². The number of hydrogen-bond donors (Lipinski definition) is 1. The number of hydrogen-bond acceptors (Lipinski definition) is 1. The van der Waals surface area contributed by atoms with Crippen LogP contribution in [-0.2, 0) is 0 Å². The minimum absolute atomic E-state index is 0.0230. The molecule has 19 heavy (non-hydrogen) atoms. The number of nitrogens with one attached hydrogen (secondary N) is 1. The SMILES string of the molecule is O=C(N/C=C/c1ccccc1Cl)N1CCCCCC1. The standard InChI is InChI=1S/C15H19ClN2O/c16-14-8-4-3-7-13(14)9-10-17-15(19)18-11-5-1-2-6-12-18/h3-4,7-10H,1-2,5-6,11-12H2,(H,17,19)/b10-9+. The number of rotatable bonds is 2. The maximum atomic E-state index is 12.0. The minimum atomic E-state index is -0.0230. The first kappa shape index (κ1) is 13.9. The molecule has 2 rings (SSSR count). The van der Waals surface area contributed by atoms with Gasteiger partial charge in [-0.05, 0) is 30.5 Å². The van der Waals surface area contributed by atoms with E-state index in [0.29, 0.717) is 5.02 Å². The van der Waals surface area contributed by atoms with Gasteiger partial charge in [0.15, 0.2) is 0 Å². The van der Waals surface area contributed by atoms with Gasteiger partial charge in [0.2, 0.25) is 0 Å². The molecule has 102 valence electrons. The molecular weight excluding hydrogens is 260 g/mol. The third kappa shape index (κ3) is 4.28. The van der Waals surface area contributed by atoms with Crippen LogP contribution in [0.5, 0.6) is 0 Å². The van der Waals surface area contributed by atoms with Gasteiger partial charge in [0.05, 0.1) is 0 Å². The first-order chi connectivity index (χ1) is 9.27. The van der Waals surface area contributed by atoms with E-state index >= 15 is 0 Å². The van der Waals surface area contributed by atoms with Crippen LogP contribution < -0.4 is 5.32 Å². The Kier molecular flexibility index (Phi) is 5.28. The lowest BCUT2D eigenvalue weighted by molar-refractivity contribution is 0.203. The number of amides is 2. The number of carbonyl (C=O) groups excluding carboxylic acids is 1. The Bertz CT molecular complexity index is 451. The fraction of sp³-hybridized carbons (Fsp3) is 0.400. The zero-order chi connectivity index (χ0) is 13.5. The molecule has 0 atom stereocenters. The second kappa shape index (κ2) is 7.19. The van der Waals surface area contributed by atoms with Gasteiger partial charge in [-0.3, -0.25) is 0 Å². The monoisotopic (exact) mass is 278 g/mol. The molecule has 0 aromatic heterocycles. The summed E-state index contributed by atoms with van der Waals surface area (Å²) < 4.78 is 0. The molecule has 4 heteroatoms. The van der Waals surface area contributed by atoms with Gasteiger partial charge in [0.1, 0.15) is 0 Å². The van der Waals surface area contributed by atoms with Crippen LogP contribution in [0.3, 0.4) is 0 Å². The first-order valence-electron chi connectivity index (χ1n) is 6.74. The summed E-state index contributed by atoms with van der Waals surface area (Å²) in [7, 11) is 0. The Morgan fingerprint density at radius 3 is 2.53 bits per heavy atom. The van der Waals surface area contributed by atoms with E-state index in [4.69, 9.17) is 11.6 Å². The maximum Gasteiger partial charge on any atom is 0.321 e. The molecule has 0 spiro atoms. The Balaban J connectivity index is 1.87. The summed E-state index contributed by atoms with van der Waals surface area (Å²) in [5.74, 6) is 0. The number of nitrogens with zero attached hydrogens (tertiary/aromatic N) is 1. The van der Waals surface area contributed by atoms with E-state index in [-0.39, 0.29) is 6.03 Å². The topological polar surface area (TPSA) is 32.3 Å². The summed E-state index contributed by atoms with van der Waals surface area (Å²) in [6.07, 6.45) is 8.12. The predicted octanol–water partition coefficient (Wildman–Crippen LogP) is 3.90. The molecule has 3 nitrogen and oxygen atoms in total. The lowest BCUT2D eigenvalue weighted by atomic mass is 10.2. The molecule has 0 saturated carbocycles. The molecule has 0 unspecified atom stereocenters. The third-order valence-electron chi connectivity index (χ3n) is 3.27. The van der Waals surface area contributed by atoms with Gasteiger partial charge >= 0.3 is 6.03 Å². The predicted molar refractivity (Wildman–Crippen MR) is 79.1 cm³/mol. The van der Waals surface area contributed by atoms with Crippen molar-refractivity contribution in [1.29, 1.82) is 0 Å². The molecule has 1 aliphatic heterocycles. The molecule has 1 fully saturated rings. The van der Waals surface area contributed by atoms with Gasteiger partial charge in [-0.15, -0.1) is 0 Å². The number of carbonyl (C=O) groups is 1. The van der Waals surface area contributed by atoms with Crippen molar-refractivity contribution in [1.82, 2.24) is 10.2 Å². The molecule has 1 aromatic rings. The van der Waals surface area contributed by atoms with Crippen molar-refractivity contribution < 1.29 is 4.79 Å². The number of urea groups is 1. The van der Waals surface area contributed by atoms with Crippen LogP contribution in [0.25, 0.3) is 6.08 Å². The van der Waals surface area contributed by atoms with Gasteiger partial charge in [-0.1, -0.05) is 42.6 Å². The van der Waals surface area contributed by atoms with Crippen molar-refractivity contribution >= 4 is 23.7 Å². The molecule has 1 N–H and O–H groups in total. The van der Waals surface area contributed by atoms with Gasteiger partial charge in [-0.25, -0.2) is 4.79 Å². The quantitative estimate of drug-likeness (QED) is 0.874. The summed E-state index contributed by atoms with van der Waals surface area (Å²) in [4.78, 5) is 13.8. The second-order valence-electron chi connectivity index (χ2n) is 4.71. The van der Waals surface area contributed by atoms with Crippen molar-refractivity contribution in [3.8, 4) is 0 Å². The fourth-order valence-corrected chi connectivity index (χ4v) is 2.38. The van der Waals surface area contributed by atoms with E-state index < -0.39 is 0 Å². The summed E-state index contributed by atoms with van der Waals surface area (Å²) in [6, 6.07) is 7.53.